The Labute approximate surface area is 141 Å². The molecule has 1 amide bonds. The van der Waals surface area contributed by atoms with Crippen molar-refractivity contribution in [1.29, 1.82) is 0 Å². The van der Waals surface area contributed by atoms with Gasteiger partial charge < -0.3 is 19.5 Å². The smallest absolute Gasteiger partial charge is 0.308 e. The van der Waals surface area contributed by atoms with E-state index in [0.717, 1.165) is 0 Å². The van der Waals surface area contributed by atoms with Gasteiger partial charge in [0.15, 0.2) is 0 Å². The molecule has 1 aliphatic heterocycles. The van der Waals surface area contributed by atoms with E-state index in [2.05, 4.69) is 6.58 Å². The van der Waals surface area contributed by atoms with E-state index in [1.54, 1.807) is 29.2 Å². The number of hydrogen-bond acceptors (Lipinski definition) is 4. The first kappa shape index (κ1) is 17.8. The summed E-state index contributed by atoms with van der Waals surface area (Å²) in [6.45, 7) is 6.58. The third-order valence-corrected chi connectivity index (χ3v) is 4.07. The predicted molar refractivity (Wildman–Crippen MR) is 89.5 cm³/mol. The van der Waals surface area contributed by atoms with Gasteiger partial charge in [0.2, 0.25) is 0 Å². The van der Waals surface area contributed by atoms with Crippen molar-refractivity contribution >= 4 is 11.9 Å². The zero-order valence-electron chi connectivity index (χ0n) is 14.0. The number of hydrogen-bond donors (Lipinski definition) is 1. The molecule has 1 heterocycles. The number of likely N-dealkylation sites (tertiary alicyclic amines) is 1. The molecule has 130 valence electrons. The molecule has 2 atom stereocenters. The molecule has 0 aliphatic carbocycles. The maximum absolute atomic E-state index is 12.9. The molecule has 6 nitrogen and oxygen atoms in total. The molecular weight excluding hydrogens is 310 g/mol. The second-order valence-corrected chi connectivity index (χ2v) is 6.05. The maximum Gasteiger partial charge on any atom is 0.308 e. The van der Waals surface area contributed by atoms with Gasteiger partial charge in [0, 0.05) is 19.2 Å². The summed E-state index contributed by atoms with van der Waals surface area (Å²) in [5.41, 5.74) is 0.399. The molecule has 24 heavy (non-hydrogen) atoms. The summed E-state index contributed by atoms with van der Waals surface area (Å²) in [6, 6.07) is 4.99. The van der Waals surface area contributed by atoms with Crippen molar-refractivity contribution in [3.05, 3.63) is 36.4 Å². The van der Waals surface area contributed by atoms with Gasteiger partial charge in [0.1, 0.15) is 18.1 Å². The zero-order valence-corrected chi connectivity index (χ0v) is 14.0. The van der Waals surface area contributed by atoms with Crippen LogP contribution in [0.1, 0.15) is 23.7 Å². The van der Waals surface area contributed by atoms with Crippen LogP contribution in [0.2, 0.25) is 0 Å². The van der Waals surface area contributed by atoms with Gasteiger partial charge in [-0.15, -0.1) is 0 Å². The first-order valence-corrected chi connectivity index (χ1v) is 7.90. The highest BCUT2D eigenvalue weighted by Gasteiger charge is 2.33. The monoisotopic (exact) mass is 333 g/mol. The number of piperidine rings is 1. The van der Waals surface area contributed by atoms with Crippen LogP contribution in [-0.2, 0) is 4.79 Å². The Kier molecular flexibility index (Phi) is 5.84. The van der Waals surface area contributed by atoms with Crippen LogP contribution in [0.3, 0.4) is 0 Å². The molecule has 0 bridgehead atoms. The molecule has 0 spiro atoms. The highest BCUT2D eigenvalue weighted by Crippen LogP contribution is 2.29. The Morgan fingerprint density at radius 3 is 2.79 bits per heavy atom. The average molecular weight is 333 g/mol. The van der Waals surface area contributed by atoms with Crippen molar-refractivity contribution in [2.45, 2.75) is 13.3 Å². The summed E-state index contributed by atoms with van der Waals surface area (Å²) in [5.74, 6) is -0.495. The highest BCUT2D eigenvalue weighted by molar-refractivity contribution is 5.97. The van der Waals surface area contributed by atoms with Gasteiger partial charge in [-0.05, 0) is 24.5 Å². The van der Waals surface area contributed by atoms with Gasteiger partial charge in [0.25, 0.3) is 5.91 Å². The standard InChI is InChI=1S/C18H23NO5/c1-4-7-24-16-9-14(23-3)5-6-15(16)17(20)19-10-12(2)8-13(11-19)18(21)22/h4-6,9,12-13H,1,7-8,10-11H2,2-3H3,(H,21,22). The summed E-state index contributed by atoms with van der Waals surface area (Å²) in [6.07, 6.45) is 2.18. The first-order valence-electron chi connectivity index (χ1n) is 7.90. The van der Waals surface area contributed by atoms with Crippen LogP contribution in [0.4, 0.5) is 0 Å². The minimum Gasteiger partial charge on any atom is -0.497 e. The summed E-state index contributed by atoms with van der Waals surface area (Å²) in [5, 5.41) is 9.27. The molecule has 0 aromatic heterocycles. The van der Waals surface area contributed by atoms with E-state index >= 15 is 0 Å². The van der Waals surface area contributed by atoms with E-state index in [1.807, 2.05) is 6.92 Å². The minimum absolute atomic E-state index is 0.139. The van der Waals surface area contributed by atoms with Crippen LogP contribution < -0.4 is 9.47 Å². The largest absolute Gasteiger partial charge is 0.497 e. The van der Waals surface area contributed by atoms with Crippen LogP contribution in [0.5, 0.6) is 11.5 Å². The Morgan fingerprint density at radius 1 is 1.42 bits per heavy atom. The lowest BCUT2D eigenvalue weighted by molar-refractivity contribution is -0.143. The van der Waals surface area contributed by atoms with Crippen molar-refractivity contribution in [2.24, 2.45) is 11.8 Å². The van der Waals surface area contributed by atoms with E-state index in [1.165, 1.54) is 7.11 Å². The lowest BCUT2D eigenvalue weighted by Gasteiger charge is -2.35. The molecule has 6 heteroatoms. The quantitative estimate of drug-likeness (QED) is 0.809. The highest BCUT2D eigenvalue weighted by atomic mass is 16.5. The summed E-state index contributed by atoms with van der Waals surface area (Å²) >= 11 is 0. The topological polar surface area (TPSA) is 76.1 Å². The molecule has 0 saturated carbocycles. The van der Waals surface area contributed by atoms with E-state index in [-0.39, 0.29) is 25.0 Å². The Bertz CT molecular complexity index is 628. The third kappa shape index (κ3) is 4.07. The second kappa shape index (κ2) is 7.86. The zero-order chi connectivity index (χ0) is 17.7. The SMILES string of the molecule is C=CCOc1cc(OC)ccc1C(=O)N1CC(C)CC(C(=O)O)C1. The van der Waals surface area contributed by atoms with E-state index < -0.39 is 11.9 Å². The van der Waals surface area contributed by atoms with Crippen LogP contribution in [0, 0.1) is 11.8 Å². The lowest BCUT2D eigenvalue weighted by Crippen LogP contribution is -2.45. The van der Waals surface area contributed by atoms with Gasteiger partial charge in [-0.25, -0.2) is 0 Å². The van der Waals surface area contributed by atoms with Gasteiger partial charge >= 0.3 is 5.97 Å². The average Bonchev–Trinajstić information content (AvgIpc) is 2.58. The van der Waals surface area contributed by atoms with Gasteiger partial charge in [-0.1, -0.05) is 19.6 Å². The van der Waals surface area contributed by atoms with E-state index in [9.17, 15) is 14.7 Å². The number of nitrogens with zero attached hydrogens (tertiary/aromatic N) is 1. The summed E-state index contributed by atoms with van der Waals surface area (Å²) in [4.78, 5) is 25.8. The predicted octanol–water partition coefficient (Wildman–Crippen LogP) is 2.44. The number of carbonyl (C=O) groups is 2. The number of benzene rings is 1. The van der Waals surface area contributed by atoms with Crippen molar-refractivity contribution in [3.63, 3.8) is 0 Å². The molecule has 2 unspecified atom stereocenters. The first-order chi connectivity index (χ1) is 11.5. The molecule has 0 radical (unpaired) electrons. The number of carboxylic acids is 1. The molecule has 1 fully saturated rings. The molecule has 1 N–H and O–H groups in total. The fourth-order valence-electron chi connectivity index (χ4n) is 2.94. The number of ether oxygens (including phenoxy) is 2. The fourth-order valence-corrected chi connectivity index (χ4v) is 2.94. The number of aliphatic carboxylic acids is 1. The number of carboxylic acid groups (broad SMARTS) is 1. The summed E-state index contributed by atoms with van der Waals surface area (Å²) in [7, 11) is 1.54. The molecular formula is C18H23NO5. The van der Waals surface area contributed by atoms with Crippen molar-refractivity contribution in [2.75, 3.05) is 26.8 Å². The summed E-state index contributed by atoms with van der Waals surface area (Å²) < 4.78 is 10.8. The van der Waals surface area contributed by atoms with Crippen LogP contribution >= 0.6 is 0 Å². The number of carbonyl (C=O) groups excluding carboxylic acids is 1. The van der Waals surface area contributed by atoms with Gasteiger partial charge in [-0.2, -0.15) is 0 Å². The number of methoxy groups -OCH3 is 1. The lowest BCUT2D eigenvalue weighted by atomic mass is 9.90. The van der Waals surface area contributed by atoms with Gasteiger partial charge in [0.05, 0.1) is 18.6 Å². The Morgan fingerprint density at radius 2 is 2.17 bits per heavy atom. The van der Waals surface area contributed by atoms with Crippen LogP contribution in [0.25, 0.3) is 0 Å². The van der Waals surface area contributed by atoms with Crippen molar-refractivity contribution in [1.82, 2.24) is 4.90 Å². The Hall–Kier alpha value is -2.50. The number of amides is 1. The molecule has 1 aromatic carbocycles. The van der Waals surface area contributed by atoms with E-state index in [4.69, 9.17) is 9.47 Å². The molecule has 2 rings (SSSR count). The van der Waals surface area contributed by atoms with Crippen molar-refractivity contribution in [3.8, 4) is 11.5 Å². The van der Waals surface area contributed by atoms with Crippen LogP contribution in [0.15, 0.2) is 30.9 Å². The third-order valence-electron chi connectivity index (χ3n) is 4.07. The van der Waals surface area contributed by atoms with Crippen molar-refractivity contribution < 1.29 is 24.2 Å². The second-order valence-electron chi connectivity index (χ2n) is 6.05. The Balaban J connectivity index is 2.27. The number of rotatable bonds is 6. The molecule has 1 saturated heterocycles. The maximum atomic E-state index is 12.9. The normalized spacial score (nSPS) is 20.3. The molecule has 1 aliphatic rings. The van der Waals surface area contributed by atoms with Crippen LogP contribution in [-0.4, -0.2) is 48.7 Å². The minimum atomic E-state index is -0.864. The van der Waals surface area contributed by atoms with E-state index in [0.29, 0.717) is 30.0 Å². The molecule has 1 aromatic rings. The fraction of sp³-hybridized carbons (Fsp3) is 0.444. The van der Waals surface area contributed by atoms with Gasteiger partial charge in [-0.3, -0.25) is 9.59 Å².